The van der Waals surface area contributed by atoms with Crippen LogP contribution in [0.2, 0.25) is 10.0 Å². The van der Waals surface area contributed by atoms with Gasteiger partial charge in [-0.25, -0.2) is 9.98 Å². The number of nitrogen functional groups attached to an aromatic ring is 1. The van der Waals surface area contributed by atoms with Crippen LogP contribution in [0.3, 0.4) is 0 Å². The van der Waals surface area contributed by atoms with E-state index in [4.69, 9.17) is 40.4 Å². The fraction of sp³-hybridized carbons (Fsp3) is 0.0556. The van der Waals surface area contributed by atoms with E-state index >= 15 is 0 Å². The summed E-state index contributed by atoms with van der Waals surface area (Å²) >= 11 is 12.3. The van der Waals surface area contributed by atoms with E-state index in [-0.39, 0.29) is 11.8 Å². The smallest absolute Gasteiger partial charge is 0.186 e. The third-order valence-electron chi connectivity index (χ3n) is 3.70. The minimum Gasteiger partial charge on any atom is -0.382 e. The van der Waals surface area contributed by atoms with Crippen molar-refractivity contribution in [1.29, 1.82) is 0 Å². The lowest BCUT2D eigenvalue weighted by Gasteiger charge is -2.09. The monoisotopic (exact) mass is 386 g/mol. The summed E-state index contributed by atoms with van der Waals surface area (Å²) in [4.78, 5) is 12.8. The molecule has 3 rings (SSSR count). The molecule has 6 nitrogen and oxygen atoms in total. The van der Waals surface area contributed by atoms with Crippen LogP contribution in [0.4, 0.5) is 5.82 Å². The van der Waals surface area contributed by atoms with E-state index in [1.807, 2.05) is 24.3 Å². The molecule has 8 heteroatoms. The van der Waals surface area contributed by atoms with E-state index in [0.717, 1.165) is 11.1 Å². The molecule has 26 heavy (non-hydrogen) atoms. The van der Waals surface area contributed by atoms with E-state index in [1.165, 1.54) is 0 Å². The van der Waals surface area contributed by atoms with Crippen molar-refractivity contribution < 1.29 is 0 Å². The molecule has 3 aromatic rings. The maximum absolute atomic E-state index is 6.24. The first kappa shape index (κ1) is 18.0. The second-order valence-electron chi connectivity index (χ2n) is 5.53. The van der Waals surface area contributed by atoms with Crippen molar-refractivity contribution in [3.8, 4) is 22.5 Å². The Morgan fingerprint density at radius 2 is 1.77 bits per heavy atom. The van der Waals surface area contributed by atoms with Gasteiger partial charge in [0.2, 0.25) is 0 Å². The SMILES string of the molecule is NC(N)=NCc1ccc(-c2cnc(-c3cccc(Cl)c3Cl)c(N)n2)cc1. The predicted molar refractivity (Wildman–Crippen MR) is 107 cm³/mol. The number of aliphatic imine (C=N–C) groups is 1. The molecular weight excluding hydrogens is 371 g/mol. The average Bonchev–Trinajstić information content (AvgIpc) is 2.63. The molecule has 0 saturated heterocycles. The van der Waals surface area contributed by atoms with Crippen LogP contribution in [-0.4, -0.2) is 15.9 Å². The lowest BCUT2D eigenvalue weighted by atomic mass is 10.1. The topological polar surface area (TPSA) is 116 Å². The Balaban J connectivity index is 1.90. The van der Waals surface area contributed by atoms with Gasteiger partial charge in [-0.3, -0.25) is 4.98 Å². The van der Waals surface area contributed by atoms with Gasteiger partial charge in [0.1, 0.15) is 5.69 Å². The van der Waals surface area contributed by atoms with Gasteiger partial charge in [-0.05, 0) is 11.6 Å². The van der Waals surface area contributed by atoms with Crippen LogP contribution in [0.25, 0.3) is 22.5 Å². The Labute approximate surface area is 160 Å². The summed E-state index contributed by atoms with van der Waals surface area (Å²) in [6.07, 6.45) is 1.65. The zero-order valence-corrected chi connectivity index (χ0v) is 15.2. The number of halogens is 2. The summed E-state index contributed by atoms with van der Waals surface area (Å²) in [5.74, 6) is 0.333. The van der Waals surface area contributed by atoms with Gasteiger partial charge < -0.3 is 17.2 Å². The minimum absolute atomic E-state index is 0.0583. The molecule has 6 N–H and O–H groups in total. The largest absolute Gasteiger partial charge is 0.382 e. The first-order chi connectivity index (χ1) is 12.5. The molecule has 0 saturated carbocycles. The number of hydrogen-bond acceptors (Lipinski definition) is 4. The highest BCUT2D eigenvalue weighted by Crippen LogP contribution is 2.35. The van der Waals surface area contributed by atoms with Crippen LogP contribution >= 0.6 is 23.2 Å². The fourth-order valence-corrected chi connectivity index (χ4v) is 2.79. The fourth-order valence-electron chi connectivity index (χ4n) is 2.40. The average molecular weight is 387 g/mol. The van der Waals surface area contributed by atoms with E-state index < -0.39 is 0 Å². The lowest BCUT2D eigenvalue weighted by Crippen LogP contribution is -2.22. The molecule has 0 unspecified atom stereocenters. The number of nitrogens with zero attached hydrogens (tertiary/aromatic N) is 3. The number of rotatable bonds is 4. The minimum atomic E-state index is 0.0583. The van der Waals surface area contributed by atoms with Crippen molar-refractivity contribution in [3.05, 3.63) is 64.3 Å². The molecule has 0 bridgehead atoms. The van der Waals surface area contributed by atoms with Crippen molar-refractivity contribution in [3.63, 3.8) is 0 Å². The normalized spacial score (nSPS) is 10.5. The zero-order valence-electron chi connectivity index (χ0n) is 13.7. The summed E-state index contributed by atoms with van der Waals surface area (Å²) in [6.45, 7) is 0.419. The van der Waals surface area contributed by atoms with E-state index in [0.29, 0.717) is 33.5 Å². The first-order valence-corrected chi connectivity index (χ1v) is 8.43. The third-order valence-corrected chi connectivity index (χ3v) is 4.52. The van der Waals surface area contributed by atoms with Crippen molar-refractivity contribution in [2.75, 3.05) is 5.73 Å². The summed E-state index contributed by atoms with van der Waals surface area (Å²) in [6, 6.07) is 12.9. The zero-order chi connectivity index (χ0) is 18.7. The van der Waals surface area contributed by atoms with Crippen molar-refractivity contribution in [1.82, 2.24) is 9.97 Å². The molecule has 132 valence electrons. The highest BCUT2D eigenvalue weighted by molar-refractivity contribution is 6.43. The maximum atomic E-state index is 6.24. The number of hydrogen-bond donors (Lipinski definition) is 3. The summed E-state index contributed by atoms with van der Waals surface area (Å²) in [7, 11) is 0. The lowest BCUT2D eigenvalue weighted by molar-refractivity contribution is 1.05. The molecule has 0 amide bonds. The molecule has 0 aliphatic carbocycles. The second-order valence-corrected chi connectivity index (χ2v) is 6.31. The third kappa shape index (κ3) is 3.87. The molecule has 0 aliphatic heterocycles. The summed E-state index contributed by atoms with van der Waals surface area (Å²) < 4.78 is 0. The Kier molecular flexibility index (Phi) is 5.25. The summed E-state index contributed by atoms with van der Waals surface area (Å²) in [5, 5.41) is 0.831. The number of guanidine groups is 1. The van der Waals surface area contributed by atoms with E-state index in [1.54, 1.807) is 24.4 Å². The first-order valence-electron chi connectivity index (χ1n) is 7.67. The maximum Gasteiger partial charge on any atom is 0.186 e. The van der Waals surface area contributed by atoms with Crippen molar-refractivity contribution in [2.45, 2.75) is 6.54 Å². The van der Waals surface area contributed by atoms with Crippen LogP contribution in [0.1, 0.15) is 5.56 Å². The van der Waals surface area contributed by atoms with Gasteiger partial charge in [0.15, 0.2) is 11.8 Å². The van der Waals surface area contributed by atoms with E-state index in [2.05, 4.69) is 15.0 Å². The Bertz CT molecular complexity index is 966. The number of aromatic nitrogens is 2. The van der Waals surface area contributed by atoms with E-state index in [9.17, 15) is 0 Å². The molecule has 0 fully saturated rings. The van der Waals surface area contributed by atoms with Gasteiger partial charge in [0.25, 0.3) is 0 Å². The van der Waals surface area contributed by atoms with Crippen LogP contribution < -0.4 is 17.2 Å². The van der Waals surface area contributed by atoms with Gasteiger partial charge in [0.05, 0.1) is 28.5 Å². The highest BCUT2D eigenvalue weighted by Gasteiger charge is 2.13. The quantitative estimate of drug-likeness (QED) is 0.468. The van der Waals surface area contributed by atoms with Crippen LogP contribution in [-0.2, 0) is 6.54 Å². The molecule has 2 aromatic carbocycles. The number of nitrogens with two attached hydrogens (primary N) is 3. The van der Waals surface area contributed by atoms with Crippen LogP contribution in [0.5, 0.6) is 0 Å². The number of anilines is 1. The van der Waals surface area contributed by atoms with Crippen LogP contribution in [0, 0.1) is 0 Å². The van der Waals surface area contributed by atoms with Gasteiger partial charge >= 0.3 is 0 Å². The molecule has 1 aromatic heterocycles. The Morgan fingerprint density at radius 3 is 2.42 bits per heavy atom. The molecule has 1 heterocycles. The van der Waals surface area contributed by atoms with Gasteiger partial charge in [-0.2, -0.15) is 0 Å². The van der Waals surface area contributed by atoms with Crippen molar-refractivity contribution >= 4 is 35.0 Å². The molecule has 0 spiro atoms. The number of benzene rings is 2. The molecule has 0 aliphatic rings. The molecule has 0 atom stereocenters. The molecular formula is C18H16Cl2N6. The molecule has 0 radical (unpaired) electrons. The Hall–Kier alpha value is -2.83. The van der Waals surface area contributed by atoms with Gasteiger partial charge in [0, 0.05) is 11.1 Å². The predicted octanol–water partition coefficient (Wildman–Crippen LogP) is 3.47. The standard InChI is InChI=1S/C18H16Cl2N6/c19-13-3-1-2-12(15(13)20)16-17(21)26-14(9-24-16)11-6-4-10(5-7-11)8-25-18(22)23/h1-7,9H,8H2,(H2,21,26)(H4,22,23,25). The van der Waals surface area contributed by atoms with Crippen LogP contribution in [0.15, 0.2) is 53.7 Å². The second kappa shape index (κ2) is 7.59. The van der Waals surface area contributed by atoms with Crippen molar-refractivity contribution in [2.24, 2.45) is 16.5 Å². The van der Waals surface area contributed by atoms with Gasteiger partial charge in [-0.1, -0.05) is 59.6 Å². The highest BCUT2D eigenvalue weighted by atomic mass is 35.5. The summed E-state index contributed by atoms with van der Waals surface area (Å²) in [5.41, 5.74) is 20.4. The van der Waals surface area contributed by atoms with Gasteiger partial charge in [-0.15, -0.1) is 0 Å². The Morgan fingerprint density at radius 1 is 1.04 bits per heavy atom.